The van der Waals surface area contributed by atoms with Gasteiger partial charge in [-0.1, -0.05) is 0 Å². The summed E-state index contributed by atoms with van der Waals surface area (Å²) in [4.78, 5) is 15.7. The van der Waals surface area contributed by atoms with Crippen molar-refractivity contribution < 1.29 is 13.9 Å². The molecule has 22 heavy (non-hydrogen) atoms. The summed E-state index contributed by atoms with van der Waals surface area (Å²) < 4.78 is 18.0. The molecule has 0 bridgehead atoms. The van der Waals surface area contributed by atoms with Crippen LogP contribution < -0.4 is 10.6 Å². The molecule has 0 aromatic carbocycles. The second-order valence-electron chi connectivity index (χ2n) is 6.41. The largest absolute Gasteiger partial charge is 0.444 e. The van der Waals surface area contributed by atoms with Gasteiger partial charge in [-0.05, 0) is 59.7 Å². The van der Waals surface area contributed by atoms with E-state index >= 15 is 0 Å². The topological polar surface area (TPSA) is 63.2 Å². The minimum absolute atomic E-state index is 0.00396. The van der Waals surface area contributed by atoms with Crippen LogP contribution in [0, 0.1) is 5.82 Å². The van der Waals surface area contributed by atoms with Gasteiger partial charge < -0.3 is 15.4 Å². The fourth-order valence-corrected chi connectivity index (χ4v) is 1.85. The summed E-state index contributed by atoms with van der Waals surface area (Å²) in [5, 5.41) is 6.08. The number of amides is 1. The average Bonchev–Trinajstić information content (AvgIpc) is 2.36. The molecule has 0 radical (unpaired) electrons. The molecule has 2 N–H and O–H groups in total. The van der Waals surface area contributed by atoms with Crippen molar-refractivity contribution in [1.82, 2.24) is 15.6 Å². The first-order chi connectivity index (χ1) is 10.2. The Bertz CT molecular complexity index is 471. The van der Waals surface area contributed by atoms with Crippen molar-refractivity contribution in [3.63, 3.8) is 0 Å². The molecule has 0 aliphatic carbocycles. The Morgan fingerprint density at radius 1 is 1.36 bits per heavy atom. The number of nitrogens with one attached hydrogen (secondary N) is 2. The molecule has 0 aliphatic heterocycles. The number of hydrogen-bond donors (Lipinski definition) is 2. The van der Waals surface area contributed by atoms with Crippen LogP contribution in [0.5, 0.6) is 0 Å². The number of aromatic nitrogens is 1. The Hall–Kier alpha value is -1.69. The van der Waals surface area contributed by atoms with Gasteiger partial charge in [0.1, 0.15) is 11.4 Å². The number of rotatable bonds is 6. The zero-order chi connectivity index (χ0) is 16.8. The molecule has 1 heterocycles. The summed E-state index contributed by atoms with van der Waals surface area (Å²) >= 11 is 0. The first-order valence-corrected chi connectivity index (χ1v) is 7.52. The second kappa shape index (κ2) is 8.08. The standard InChI is InChI=1S/C16H26FN3O2/c1-11(20-15(21)22-16(3,4)5)8-9-18-12(2)14-7-6-13(17)10-19-14/h6-7,10-12,18H,8-9H2,1-5H3,(H,20,21). The maximum Gasteiger partial charge on any atom is 0.407 e. The summed E-state index contributed by atoms with van der Waals surface area (Å²) in [6.45, 7) is 10.1. The maximum absolute atomic E-state index is 12.8. The third-order valence-electron chi connectivity index (χ3n) is 2.98. The van der Waals surface area contributed by atoms with Gasteiger partial charge in [0, 0.05) is 12.1 Å². The average molecular weight is 311 g/mol. The van der Waals surface area contributed by atoms with Gasteiger partial charge in [-0.15, -0.1) is 0 Å². The quantitative estimate of drug-likeness (QED) is 0.847. The lowest BCUT2D eigenvalue weighted by atomic mass is 10.2. The van der Waals surface area contributed by atoms with Crippen molar-refractivity contribution in [3.05, 3.63) is 29.8 Å². The summed E-state index contributed by atoms with van der Waals surface area (Å²) in [5.74, 6) is -0.342. The molecule has 0 fully saturated rings. The molecule has 2 atom stereocenters. The first kappa shape index (κ1) is 18.4. The number of carbonyl (C=O) groups is 1. The van der Waals surface area contributed by atoms with Crippen LogP contribution in [0.3, 0.4) is 0 Å². The Balaban J connectivity index is 2.28. The Labute approximate surface area is 131 Å². The van der Waals surface area contributed by atoms with E-state index in [1.54, 1.807) is 6.07 Å². The number of carbonyl (C=O) groups excluding carboxylic acids is 1. The van der Waals surface area contributed by atoms with Gasteiger partial charge in [0.15, 0.2) is 0 Å². The van der Waals surface area contributed by atoms with Crippen molar-refractivity contribution in [1.29, 1.82) is 0 Å². The highest BCUT2D eigenvalue weighted by Gasteiger charge is 2.17. The molecule has 6 heteroatoms. The van der Waals surface area contributed by atoms with Crippen molar-refractivity contribution in [2.24, 2.45) is 0 Å². The minimum atomic E-state index is -0.495. The van der Waals surface area contributed by atoms with Gasteiger partial charge in [-0.2, -0.15) is 0 Å². The molecule has 1 aromatic heterocycles. The maximum atomic E-state index is 12.8. The number of alkyl carbamates (subject to hydrolysis) is 1. The lowest BCUT2D eigenvalue weighted by molar-refractivity contribution is 0.0506. The van der Waals surface area contributed by atoms with Crippen LogP contribution in [0.15, 0.2) is 18.3 Å². The van der Waals surface area contributed by atoms with Crippen LogP contribution in [0.25, 0.3) is 0 Å². The van der Waals surface area contributed by atoms with Gasteiger partial charge in [0.05, 0.1) is 11.9 Å². The van der Waals surface area contributed by atoms with Crippen molar-refractivity contribution in [2.75, 3.05) is 6.54 Å². The van der Waals surface area contributed by atoms with E-state index in [0.717, 1.165) is 12.1 Å². The SMILES string of the molecule is CC(CCNC(C)c1ccc(F)cn1)NC(=O)OC(C)(C)C. The fourth-order valence-electron chi connectivity index (χ4n) is 1.85. The number of ether oxygens (including phenoxy) is 1. The summed E-state index contributed by atoms with van der Waals surface area (Å²) in [5.41, 5.74) is 0.291. The molecule has 0 spiro atoms. The number of nitrogens with zero attached hydrogens (tertiary/aromatic N) is 1. The van der Waals surface area contributed by atoms with E-state index in [2.05, 4.69) is 15.6 Å². The van der Waals surface area contributed by atoms with Gasteiger partial charge in [0.25, 0.3) is 0 Å². The highest BCUT2D eigenvalue weighted by atomic mass is 19.1. The predicted octanol–water partition coefficient (Wildman–Crippen LogP) is 3.17. The van der Waals surface area contributed by atoms with Crippen molar-refractivity contribution in [3.8, 4) is 0 Å². The summed E-state index contributed by atoms with van der Waals surface area (Å²) in [6, 6.07) is 3.08. The fraction of sp³-hybridized carbons (Fsp3) is 0.625. The van der Waals surface area contributed by atoms with Crippen LogP contribution in [-0.2, 0) is 4.74 Å². The van der Waals surface area contributed by atoms with E-state index < -0.39 is 11.7 Å². The molecule has 0 aliphatic rings. The van der Waals surface area contributed by atoms with Crippen molar-refractivity contribution in [2.45, 2.75) is 58.7 Å². The monoisotopic (exact) mass is 311 g/mol. The molecule has 124 valence electrons. The van der Waals surface area contributed by atoms with Crippen LogP contribution in [-0.4, -0.2) is 29.3 Å². The van der Waals surface area contributed by atoms with E-state index in [0.29, 0.717) is 6.54 Å². The predicted molar refractivity (Wildman–Crippen MR) is 84.1 cm³/mol. The minimum Gasteiger partial charge on any atom is -0.444 e. The lowest BCUT2D eigenvalue weighted by Gasteiger charge is -2.22. The van der Waals surface area contributed by atoms with E-state index in [1.807, 2.05) is 34.6 Å². The molecular formula is C16H26FN3O2. The number of hydrogen-bond acceptors (Lipinski definition) is 4. The van der Waals surface area contributed by atoms with E-state index in [4.69, 9.17) is 4.74 Å². The van der Waals surface area contributed by atoms with Gasteiger partial charge >= 0.3 is 6.09 Å². The van der Waals surface area contributed by atoms with Gasteiger partial charge in [-0.3, -0.25) is 4.98 Å². The zero-order valence-electron chi connectivity index (χ0n) is 13.9. The zero-order valence-corrected chi connectivity index (χ0v) is 13.9. The van der Waals surface area contributed by atoms with Crippen LogP contribution >= 0.6 is 0 Å². The molecule has 1 amide bonds. The van der Waals surface area contributed by atoms with E-state index in [-0.39, 0.29) is 17.9 Å². The summed E-state index contributed by atoms with van der Waals surface area (Å²) in [7, 11) is 0. The van der Waals surface area contributed by atoms with Crippen LogP contribution in [0.1, 0.15) is 52.8 Å². The van der Waals surface area contributed by atoms with Crippen molar-refractivity contribution >= 4 is 6.09 Å². The molecule has 1 aromatic rings. The third-order valence-corrected chi connectivity index (χ3v) is 2.98. The Kier molecular flexibility index (Phi) is 6.74. The second-order valence-corrected chi connectivity index (χ2v) is 6.41. The van der Waals surface area contributed by atoms with Crippen LogP contribution in [0.4, 0.5) is 9.18 Å². The third kappa shape index (κ3) is 7.36. The number of pyridine rings is 1. The smallest absolute Gasteiger partial charge is 0.407 e. The van der Waals surface area contributed by atoms with Gasteiger partial charge in [-0.25, -0.2) is 9.18 Å². The Morgan fingerprint density at radius 2 is 2.05 bits per heavy atom. The molecule has 0 saturated carbocycles. The lowest BCUT2D eigenvalue weighted by Crippen LogP contribution is -2.39. The molecule has 0 saturated heterocycles. The molecule has 1 rings (SSSR count). The highest BCUT2D eigenvalue weighted by molar-refractivity contribution is 5.67. The van der Waals surface area contributed by atoms with Gasteiger partial charge in [0.2, 0.25) is 0 Å². The normalized spacial score (nSPS) is 14.3. The van der Waals surface area contributed by atoms with E-state index in [9.17, 15) is 9.18 Å². The molecule has 2 unspecified atom stereocenters. The first-order valence-electron chi connectivity index (χ1n) is 7.52. The van der Waals surface area contributed by atoms with Crippen LogP contribution in [0.2, 0.25) is 0 Å². The van der Waals surface area contributed by atoms with E-state index in [1.165, 1.54) is 12.3 Å². The molecular weight excluding hydrogens is 285 g/mol. The summed E-state index contributed by atoms with van der Waals surface area (Å²) in [6.07, 6.45) is 1.55. The highest BCUT2D eigenvalue weighted by Crippen LogP contribution is 2.10. The Morgan fingerprint density at radius 3 is 2.59 bits per heavy atom. The number of halogens is 1. The molecule has 5 nitrogen and oxygen atoms in total.